The molecule has 0 saturated carbocycles. The fourth-order valence-electron chi connectivity index (χ4n) is 6.70. The molecule has 0 saturated heterocycles. The molecule has 0 spiro atoms. The SMILES string of the molecule is CC1(C)c2cc(-c3ccc4c5ccccc5c5ccccc5c4c3)ccc2-c2ccc(-c3ccccn3)cc21. The minimum atomic E-state index is -0.0920. The maximum Gasteiger partial charge on any atom is 0.0702 e. The molecule has 39 heavy (non-hydrogen) atoms. The molecule has 0 unspecified atom stereocenters. The van der Waals surface area contributed by atoms with Gasteiger partial charge in [0.2, 0.25) is 0 Å². The van der Waals surface area contributed by atoms with Crippen LogP contribution in [0.1, 0.15) is 25.0 Å². The third kappa shape index (κ3) is 3.23. The molecule has 8 rings (SSSR count). The normalized spacial score (nSPS) is 13.6. The summed E-state index contributed by atoms with van der Waals surface area (Å²) < 4.78 is 0. The summed E-state index contributed by atoms with van der Waals surface area (Å²) in [5.41, 5.74) is 10.0. The smallest absolute Gasteiger partial charge is 0.0702 e. The van der Waals surface area contributed by atoms with E-state index in [-0.39, 0.29) is 5.41 Å². The number of pyridine rings is 1. The topological polar surface area (TPSA) is 12.9 Å². The van der Waals surface area contributed by atoms with E-state index in [2.05, 4.69) is 134 Å². The van der Waals surface area contributed by atoms with Crippen molar-refractivity contribution in [1.82, 2.24) is 4.98 Å². The van der Waals surface area contributed by atoms with Crippen LogP contribution in [-0.2, 0) is 5.41 Å². The maximum absolute atomic E-state index is 4.59. The molecule has 1 heterocycles. The third-order valence-electron chi connectivity index (χ3n) is 8.71. The Hall–Kier alpha value is -4.75. The molecular weight excluding hydrogens is 470 g/mol. The van der Waals surface area contributed by atoms with Crippen molar-refractivity contribution in [2.75, 3.05) is 0 Å². The van der Waals surface area contributed by atoms with Crippen molar-refractivity contribution < 1.29 is 0 Å². The van der Waals surface area contributed by atoms with Gasteiger partial charge in [-0.25, -0.2) is 0 Å². The number of fused-ring (bicyclic) bond motifs is 9. The summed E-state index contributed by atoms with van der Waals surface area (Å²) in [6.45, 7) is 4.70. The second-order valence-electron chi connectivity index (χ2n) is 11.2. The summed E-state index contributed by atoms with van der Waals surface area (Å²) in [5, 5.41) is 7.87. The van der Waals surface area contributed by atoms with Gasteiger partial charge in [0.1, 0.15) is 0 Å². The molecule has 184 valence electrons. The lowest BCUT2D eigenvalue weighted by Crippen LogP contribution is -2.15. The highest BCUT2D eigenvalue weighted by atomic mass is 14.7. The first-order valence-electron chi connectivity index (χ1n) is 13.6. The Labute approximate surface area is 228 Å². The number of hydrogen-bond acceptors (Lipinski definition) is 1. The number of rotatable bonds is 2. The maximum atomic E-state index is 4.59. The summed E-state index contributed by atoms with van der Waals surface area (Å²) in [5.74, 6) is 0. The lowest BCUT2D eigenvalue weighted by Gasteiger charge is -2.22. The Morgan fingerprint density at radius 2 is 0.923 bits per heavy atom. The summed E-state index contributed by atoms with van der Waals surface area (Å²) >= 11 is 0. The van der Waals surface area contributed by atoms with Gasteiger partial charge in [0.15, 0.2) is 0 Å². The number of benzene rings is 6. The predicted octanol–water partition coefficient (Wildman–Crippen LogP) is 10.2. The molecule has 0 aliphatic heterocycles. The van der Waals surface area contributed by atoms with Crippen LogP contribution in [0, 0.1) is 0 Å². The van der Waals surface area contributed by atoms with Crippen molar-refractivity contribution >= 4 is 32.3 Å². The minimum Gasteiger partial charge on any atom is -0.256 e. The summed E-state index contributed by atoms with van der Waals surface area (Å²) in [6.07, 6.45) is 1.87. The first kappa shape index (κ1) is 22.3. The van der Waals surface area contributed by atoms with Crippen molar-refractivity contribution in [2.45, 2.75) is 19.3 Å². The van der Waals surface area contributed by atoms with E-state index in [0.717, 1.165) is 5.69 Å². The van der Waals surface area contributed by atoms with Crippen LogP contribution in [0.3, 0.4) is 0 Å². The van der Waals surface area contributed by atoms with Crippen LogP contribution in [0.4, 0.5) is 0 Å². The highest BCUT2D eigenvalue weighted by molar-refractivity contribution is 6.25. The summed E-state index contributed by atoms with van der Waals surface area (Å²) in [7, 11) is 0. The van der Waals surface area contributed by atoms with Gasteiger partial charge in [-0.1, -0.05) is 105 Å². The lowest BCUT2D eigenvalue weighted by molar-refractivity contribution is 0.661. The van der Waals surface area contributed by atoms with Crippen molar-refractivity contribution in [3.05, 3.63) is 139 Å². The number of nitrogens with zero attached hydrogens (tertiary/aromatic N) is 1. The second-order valence-corrected chi connectivity index (χ2v) is 11.2. The quantitative estimate of drug-likeness (QED) is 0.217. The standard InChI is InChI=1S/C38H27N/c1-38(2)35-22-25(15-18-32(35)33-19-16-26(23-36(33)38)37-13-7-8-20-39-37)24-14-17-31-29-11-4-3-9-27(29)28-10-5-6-12-30(28)34(31)21-24/h3-23H,1-2H3. The van der Waals surface area contributed by atoms with Crippen molar-refractivity contribution in [3.63, 3.8) is 0 Å². The molecule has 1 aliphatic rings. The van der Waals surface area contributed by atoms with Crippen LogP contribution in [0.5, 0.6) is 0 Å². The van der Waals surface area contributed by atoms with E-state index in [1.54, 1.807) is 0 Å². The van der Waals surface area contributed by atoms with Gasteiger partial charge in [-0.05, 0) is 96.0 Å². The Kier molecular flexibility index (Phi) is 4.63. The zero-order valence-corrected chi connectivity index (χ0v) is 22.1. The van der Waals surface area contributed by atoms with Gasteiger partial charge in [0, 0.05) is 17.2 Å². The van der Waals surface area contributed by atoms with E-state index in [0.29, 0.717) is 0 Å². The molecule has 7 aromatic rings. The van der Waals surface area contributed by atoms with Crippen LogP contribution in [0.15, 0.2) is 128 Å². The number of aromatic nitrogens is 1. The van der Waals surface area contributed by atoms with Crippen LogP contribution in [-0.4, -0.2) is 4.98 Å². The van der Waals surface area contributed by atoms with Crippen LogP contribution in [0.2, 0.25) is 0 Å². The van der Waals surface area contributed by atoms with Gasteiger partial charge in [0.05, 0.1) is 5.69 Å². The average molecular weight is 498 g/mol. The Morgan fingerprint density at radius 3 is 1.54 bits per heavy atom. The molecule has 0 fully saturated rings. The second kappa shape index (κ2) is 8.12. The fourth-order valence-corrected chi connectivity index (χ4v) is 6.70. The predicted molar refractivity (Wildman–Crippen MR) is 165 cm³/mol. The van der Waals surface area contributed by atoms with Gasteiger partial charge in [0.25, 0.3) is 0 Å². The summed E-state index contributed by atoms with van der Waals surface area (Å²) in [6, 6.07) is 44.5. The van der Waals surface area contributed by atoms with Gasteiger partial charge in [-0.3, -0.25) is 4.98 Å². The summed E-state index contributed by atoms with van der Waals surface area (Å²) in [4.78, 5) is 4.59. The molecule has 0 N–H and O–H groups in total. The molecule has 1 nitrogen and oxygen atoms in total. The van der Waals surface area contributed by atoms with Gasteiger partial charge < -0.3 is 0 Å². The lowest BCUT2D eigenvalue weighted by atomic mass is 9.81. The first-order chi connectivity index (χ1) is 19.1. The monoisotopic (exact) mass is 497 g/mol. The minimum absolute atomic E-state index is 0.0920. The Bertz CT molecular complexity index is 2050. The molecule has 1 aliphatic carbocycles. The zero-order valence-electron chi connectivity index (χ0n) is 22.1. The largest absolute Gasteiger partial charge is 0.256 e. The third-order valence-corrected chi connectivity index (χ3v) is 8.71. The van der Waals surface area contributed by atoms with Crippen LogP contribution in [0.25, 0.3) is 65.8 Å². The molecule has 0 bridgehead atoms. The average Bonchev–Trinajstić information content (AvgIpc) is 3.23. The van der Waals surface area contributed by atoms with Crippen molar-refractivity contribution in [2.24, 2.45) is 0 Å². The first-order valence-corrected chi connectivity index (χ1v) is 13.6. The van der Waals surface area contributed by atoms with E-state index in [4.69, 9.17) is 0 Å². The van der Waals surface area contributed by atoms with Crippen LogP contribution < -0.4 is 0 Å². The fraction of sp³-hybridized carbons (Fsp3) is 0.0789. The highest BCUT2D eigenvalue weighted by Crippen LogP contribution is 2.50. The van der Waals surface area contributed by atoms with Gasteiger partial charge >= 0.3 is 0 Å². The molecule has 6 aromatic carbocycles. The van der Waals surface area contributed by atoms with Gasteiger partial charge in [-0.2, -0.15) is 0 Å². The van der Waals surface area contributed by atoms with E-state index < -0.39 is 0 Å². The highest BCUT2D eigenvalue weighted by Gasteiger charge is 2.36. The van der Waals surface area contributed by atoms with E-state index in [9.17, 15) is 0 Å². The van der Waals surface area contributed by atoms with E-state index in [1.165, 1.54) is 71.3 Å². The van der Waals surface area contributed by atoms with Crippen molar-refractivity contribution in [1.29, 1.82) is 0 Å². The van der Waals surface area contributed by atoms with E-state index >= 15 is 0 Å². The van der Waals surface area contributed by atoms with Crippen LogP contribution >= 0.6 is 0 Å². The molecule has 0 radical (unpaired) electrons. The molecule has 1 aromatic heterocycles. The van der Waals surface area contributed by atoms with Crippen molar-refractivity contribution in [3.8, 4) is 33.5 Å². The number of hydrogen-bond donors (Lipinski definition) is 0. The molecule has 1 heteroatoms. The molecule has 0 amide bonds. The zero-order chi connectivity index (χ0) is 26.1. The van der Waals surface area contributed by atoms with E-state index in [1.807, 2.05) is 12.3 Å². The molecule has 0 atom stereocenters. The Balaban J connectivity index is 1.29. The Morgan fingerprint density at radius 1 is 0.436 bits per heavy atom. The van der Waals surface area contributed by atoms with Gasteiger partial charge in [-0.15, -0.1) is 0 Å². The molecular formula is C38H27N.